The van der Waals surface area contributed by atoms with Crippen LogP contribution in [0.1, 0.15) is 46.0 Å². The molecule has 20 heavy (non-hydrogen) atoms. The summed E-state index contributed by atoms with van der Waals surface area (Å²) < 4.78 is 4.71. The first-order chi connectivity index (χ1) is 9.51. The molecule has 0 aromatic heterocycles. The highest BCUT2D eigenvalue weighted by atomic mass is 16.5. The van der Waals surface area contributed by atoms with E-state index in [-0.39, 0.29) is 30.4 Å². The molecule has 1 amide bonds. The molecule has 116 valence electrons. The number of rotatable bonds is 7. The Morgan fingerprint density at radius 3 is 2.40 bits per heavy atom. The van der Waals surface area contributed by atoms with E-state index in [2.05, 4.69) is 13.8 Å². The molecule has 0 aliphatic heterocycles. The molecule has 0 aromatic carbocycles. The highest BCUT2D eigenvalue weighted by Crippen LogP contribution is 2.26. The minimum atomic E-state index is -0.355. The first kappa shape index (κ1) is 17.0. The molecule has 5 nitrogen and oxygen atoms in total. The minimum Gasteiger partial charge on any atom is -0.468 e. The van der Waals surface area contributed by atoms with E-state index in [1.165, 1.54) is 7.11 Å². The van der Waals surface area contributed by atoms with Gasteiger partial charge in [-0.05, 0) is 25.2 Å². The van der Waals surface area contributed by atoms with Gasteiger partial charge < -0.3 is 15.4 Å². The van der Waals surface area contributed by atoms with Crippen LogP contribution in [0.4, 0.5) is 0 Å². The van der Waals surface area contributed by atoms with Gasteiger partial charge in [0.2, 0.25) is 5.91 Å². The molecule has 1 fully saturated rings. The summed E-state index contributed by atoms with van der Waals surface area (Å²) in [6.45, 7) is 4.91. The average molecular weight is 284 g/mol. The topological polar surface area (TPSA) is 72.6 Å². The SMILES string of the molecule is CCC(CC)CN(CC(=O)OC)C(=O)C1CCC(N)C1. The van der Waals surface area contributed by atoms with E-state index in [0.29, 0.717) is 12.5 Å². The van der Waals surface area contributed by atoms with E-state index in [9.17, 15) is 9.59 Å². The van der Waals surface area contributed by atoms with Gasteiger partial charge in [0, 0.05) is 18.5 Å². The van der Waals surface area contributed by atoms with Crippen molar-refractivity contribution in [3.05, 3.63) is 0 Å². The van der Waals surface area contributed by atoms with Gasteiger partial charge in [-0.3, -0.25) is 9.59 Å². The van der Waals surface area contributed by atoms with Gasteiger partial charge in [0.05, 0.1) is 7.11 Å². The van der Waals surface area contributed by atoms with Crippen molar-refractivity contribution in [1.82, 2.24) is 4.90 Å². The number of esters is 1. The van der Waals surface area contributed by atoms with Crippen molar-refractivity contribution in [3.8, 4) is 0 Å². The standard InChI is InChI=1S/C15H28N2O3/c1-4-11(5-2)9-17(10-14(18)20-3)15(19)12-6-7-13(16)8-12/h11-13H,4-10,16H2,1-3H3. The van der Waals surface area contributed by atoms with Gasteiger partial charge in [-0.15, -0.1) is 0 Å². The number of methoxy groups -OCH3 is 1. The summed E-state index contributed by atoms with van der Waals surface area (Å²) in [7, 11) is 1.35. The van der Waals surface area contributed by atoms with Crippen LogP contribution in [0, 0.1) is 11.8 Å². The monoisotopic (exact) mass is 284 g/mol. The summed E-state index contributed by atoms with van der Waals surface area (Å²) in [6, 6.07) is 0.122. The summed E-state index contributed by atoms with van der Waals surface area (Å²) in [6.07, 6.45) is 4.48. The Labute approximate surface area is 121 Å². The third-order valence-corrected chi connectivity index (χ3v) is 4.32. The number of ether oxygens (including phenoxy) is 1. The maximum Gasteiger partial charge on any atom is 0.325 e. The molecule has 1 saturated carbocycles. The largest absolute Gasteiger partial charge is 0.468 e. The van der Waals surface area contributed by atoms with Gasteiger partial charge >= 0.3 is 5.97 Å². The van der Waals surface area contributed by atoms with Gasteiger partial charge in [0.15, 0.2) is 0 Å². The summed E-state index contributed by atoms with van der Waals surface area (Å²) in [5.41, 5.74) is 5.88. The van der Waals surface area contributed by atoms with E-state index >= 15 is 0 Å². The lowest BCUT2D eigenvalue weighted by atomic mass is 10.0. The number of carbonyl (C=O) groups is 2. The summed E-state index contributed by atoms with van der Waals surface area (Å²) in [5, 5.41) is 0. The quantitative estimate of drug-likeness (QED) is 0.720. The van der Waals surface area contributed by atoms with Gasteiger partial charge in [0.1, 0.15) is 6.54 Å². The highest BCUT2D eigenvalue weighted by molar-refractivity contribution is 5.84. The van der Waals surface area contributed by atoms with E-state index in [4.69, 9.17) is 10.5 Å². The first-order valence-corrected chi connectivity index (χ1v) is 7.62. The molecule has 0 spiro atoms. The zero-order chi connectivity index (χ0) is 15.1. The van der Waals surface area contributed by atoms with Crippen LogP contribution in [0.5, 0.6) is 0 Å². The lowest BCUT2D eigenvalue weighted by molar-refractivity contribution is -0.149. The first-order valence-electron chi connectivity index (χ1n) is 7.62. The molecule has 2 unspecified atom stereocenters. The third-order valence-electron chi connectivity index (χ3n) is 4.32. The van der Waals surface area contributed by atoms with Gasteiger partial charge in [-0.2, -0.15) is 0 Å². The smallest absolute Gasteiger partial charge is 0.325 e. The third kappa shape index (κ3) is 4.78. The zero-order valence-corrected chi connectivity index (χ0v) is 12.9. The van der Waals surface area contributed by atoms with Crippen LogP contribution in [-0.4, -0.2) is 43.0 Å². The summed E-state index contributed by atoms with van der Waals surface area (Å²) >= 11 is 0. The van der Waals surface area contributed by atoms with Crippen molar-refractivity contribution >= 4 is 11.9 Å². The van der Waals surface area contributed by atoms with Crippen LogP contribution >= 0.6 is 0 Å². The Bertz CT molecular complexity index is 329. The average Bonchev–Trinajstić information content (AvgIpc) is 2.88. The fourth-order valence-electron chi connectivity index (χ4n) is 2.81. The molecule has 1 aliphatic rings. The van der Waals surface area contributed by atoms with E-state index in [1.54, 1.807) is 4.90 Å². The maximum absolute atomic E-state index is 12.6. The Morgan fingerprint density at radius 2 is 1.95 bits per heavy atom. The Hall–Kier alpha value is -1.10. The van der Waals surface area contributed by atoms with Gasteiger partial charge in [-0.25, -0.2) is 0 Å². The van der Waals surface area contributed by atoms with Crippen LogP contribution < -0.4 is 5.73 Å². The Balaban J connectivity index is 2.69. The molecule has 0 radical (unpaired) electrons. The summed E-state index contributed by atoms with van der Waals surface area (Å²) in [4.78, 5) is 25.8. The number of hydrogen-bond donors (Lipinski definition) is 1. The molecule has 0 bridgehead atoms. The van der Waals surface area contributed by atoms with E-state index in [0.717, 1.165) is 32.1 Å². The van der Waals surface area contributed by atoms with Crippen molar-refractivity contribution in [2.45, 2.75) is 52.0 Å². The van der Waals surface area contributed by atoms with Crippen LogP contribution in [0.15, 0.2) is 0 Å². The Morgan fingerprint density at radius 1 is 1.30 bits per heavy atom. The van der Waals surface area contributed by atoms with Crippen LogP contribution in [0.2, 0.25) is 0 Å². The van der Waals surface area contributed by atoms with Crippen molar-refractivity contribution in [1.29, 1.82) is 0 Å². The van der Waals surface area contributed by atoms with Crippen LogP contribution in [0.3, 0.4) is 0 Å². The van der Waals surface area contributed by atoms with E-state index in [1.807, 2.05) is 0 Å². The maximum atomic E-state index is 12.6. The lowest BCUT2D eigenvalue weighted by Gasteiger charge is -2.28. The molecule has 1 rings (SSSR count). The molecule has 2 atom stereocenters. The fourth-order valence-corrected chi connectivity index (χ4v) is 2.81. The zero-order valence-electron chi connectivity index (χ0n) is 12.9. The number of nitrogens with two attached hydrogens (primary N) is 1. The molecule has 0 heterocycles. The fraction of sp³-hybridized carbons (Fsp3) is 0.867. The molecular formula is C15H28N2O3. The molecular weight excluding hydrogens is 256 g/mol. The van der Waals surface area contributed by atoms with Crippen LogP contribution in [0.25, 0.3) is 0 Å². The highest BCUT2D eigenvalue weighted by Gasteiger charge is 2.32. The molecule has 5 heteroatoms. The second-order valence-corrected chi connectivity index (χ2v) is 5.75. The Kier molecular flexibility index (Phi) is 6.99. The van der Waals surface area contributed by atoms with Gasteiger partial charge in [0.25, 0.3) is 0 Å². The molecule has 0 aromatic rings. The van der Waals surface area contributed by atoms with Crippen LogP contribution in [-0.2, 0) is 14.3 Å². The predicted octanol–water partition coefficient (Wildman–Crippen LogP) is 1.55. The second-order valence-electron chi connectivity index (χ2n) is 5.75. The van der Waals surface area contributed by atoms with Crippen molar-refractivity contribution < 1.29 is 14.3 Å². The number of nitrogens with zero attached hydrogens (tertiary/aromatic N) is 1. The number of hydrogen-bond acceptors (Lipinski definition) is 4. The summed E-state index contributed by atoms with van der Waals surface area (Å²) in [5.74, 6) is 0.115. The van der Waals surface area contributed by atoms with Crippen molar-refractivity contribution in [3.63, 3.8) is 0 Å². The van der Waals surface area contributed by atoms with E-state index < -0.39 is 0 Å². The predicted molar refractivity (Wildman–Crippen MR) is 78.0 cm³/mol. The minimum absolute atomic E-state index is 0.0241. The number of amides is 1. The van der Waals surface area contributed by atoms with Crippen molar-refractivity contribution in [2.24, 2.45) is 17.6 Å². The molecule has 0 saturated heterocycles. The van der Waals surface area contributed by atoms with Gasteiger partial charge in [-0.1, -0.05) is 26.7 Å². The molecule has 1 aliphatic carbocycles. The normalized spacial score (nSPS) is 22.1. The lowest BCUT2D eigenvalue weighted by Crippen LogP contribution is -2.42. The number of carbonyl (C=O) groups excluding carboxylic acids is 2. The van der Waals surface area contributed by atoms with Crippen molar-refractivity contribution in [2.75, 3.05) is 20.2 Å². The second kappa shape index (κ2) is 8.25. The molecule has 2 N–H and O–H groups in total.